The molecule has 2 atom stereocenters. The molecule has 0 bridgehead atoms. The monoisotopic (exact) mass is 558 g/mol. The van der Waals surface area contributed by atoms with E-state index in [4.69, 9.17) is 19.5 Å². The first-order valence-electron chi connectivity index (χ1n) is 15.4. The normalized spacial score (nSPS) is 18.9. The van der Waals surface area contributed by atoms with Crippen molar-refractivity contribution in [2.24, 2.45) is 10.9 Å². The van der Waals surface area contributed by atoms with Crippen LogP contribution in [0.3, 0.4) is 0 Å². The standard InChI is InChI=1S/C33H46N6O2/c1-4-25(3)21-30-32(35-5-2)33(37-24-36-30)39-15-8-9-27(39)23-41-31-13-12-26(28-10-6-7-11-29(28)31)22-34-14-16-38-17-19-40-20-18-38/h5-7,10-13,24-25,27,34H,4,8-9,14-23H2,1-3H3/t25-,27+/m0/s1. The highest BCUT2D eigenvalue weighted by atomic mass is 16.5. The van der Waals surface area contributed by atoms with Crippen LogP contribution in [0.1, 0.15) is 51.3 Å². The van der Waals surface area contributed by atoms with Crippen LogP contribution in [0.4, 0.5) is 11.5 Å². The van der Waals surface area contributed by atoms with Gasteiger partial charge in [-0.25, -0.2) is 9.97 Å². The Hall–Kier alpha value is -3.07. The molecule has 8 heteroatoms. The minimum Gasteiger partial charge on any atom is -0.491 e. The predicted molar refractivity (Wildman–Crippen MR) is 168 cm³/mol. The Balaban J connectivity index is 1.26. The maximum absolute atomic E-state index is 6.56. The van der Waals surface area contributed by atoms with E-state index in [1.807, 2.05) is 13.1 Å². The van der Waals surface area contributed by atoms with Gasteiger partial charge in [0.05, 0.1) is 24.9 Å². The largest absolute Gasteiger partial charge is 0.491 e. The fraction of sp³-hybridized carbons (Fsp3) is 0.545. The number of aromatic nitrogens is 2. The van der Waals surface area contributed by atoms with Gasteiger partial charge in [0.2, 0.25) is 0 Å². The summed E-state index contributed by atoms with van der Waals surface area (Å²) in [5.41, 5.74) is 3.25. The fourth-order valence-corrected chi connectivity index (χ4v) is 5.87. The Morgan fingerprint density at radius 3 is 2.76 bits per heavy atom. The molecule has 220 valence electrons. The van der Waals surface area contributed by atoms with Crippen LogP contribution in [0, 0.1) is 5.92 Å². The van der Waals surface area contributed by atoms with Gasteiger partial charge in [-0.15, -0.1) is 0 Å². The molecule has 2 aromatic carbocycles. The van der Waals surface area contributed by atoms with E-state index in [1.54, 1.807) is 6.33 Å². The van der Waals surface area contributed by atoms with Crippen LogP contribution in [0.2, 0.25) is 0 Å². The average Bonchev–Trinajstić information content (AvgIpc) is 3.48. The lowest BCUT2D eigenvalue weighted by Crippen LogP contribution is -2.40. The molecule has 0 saturated carbocycles. The third kappa shape index (κ3) is 7.42. The molecule has 2 aliphatic rings. The summed E-state index contributed by atoms with van der Waals surface area (Å²) in [7, 11) is 0. The lowest BCUT2D eigenvalue weighted by molar-refractivity contribution is 0.0384. The fourth-order valence-electron chi connectivity index (χ4n) is 5.87. The van der Waals surface area contributed by atoms with Crippen molar-refractivity contribution in [3.05, 3.63) is 54.0 Å². The van der Waals surface area contributed by atoms with Crippen molar-refractivity contribution >= 4 is 28.5 Å². The summed E-state index contributed by atoms with van der Waals surface area (Å²) in [6.07, 6.45) is 7.78. The van der Waals surface area contributed by atoms with Crippen molar-refractivity contribution in [1.82, 2.24) is 20.2 Å². The summed E-state index contributed by atoms with van der Waals surface area (Å²) >= 11 is 0. The zero-order chi connectivity index (χ0) is 28.4. The van der Waals surface area contributed by atoms with Gasteiger partial charge in [-0.2, -0.15) is 0 Å². The van der Waals surface area contributed by atoms with Gasteiger partial charge in [-0.3, -0.25) is 9.89 Å². The molecule has 2 fully saturated rings. The van der Waals surface area contributed by atoms with Gasteiger partial charge in [-0.05, 0) is 49.1 Å². The Morgan fingerprint density at radius 2 is 1.95 bits per heavy atom. The maximum atomic E-state index is 6.56. The van der Waals surface area contributed by atoms with Crippen molar-refractivity contribution in [3.63, 3.8) is 0 Å². The molecule has 2 aliphatic heterocycles. The molecule has 0 unspecified atom stereocenters. The predicted octanol–water partition coefficient (Wildman–Crippen LogP) is 5.41. The average molecular weight is 559 g/mol. The van der Waals surface area contributed by atoms with Crippen molar-refractivity contribution in [3.8, 4) is 5.75 Å². The molecule has 41 heavy (non-hydrogen) atoms. The maximum Gasteiger partial charge on any atom is 0.158 e. The molecule has 1 aromatic heterocycles. The van der Waals surface area contributed by atoms with E-state index in [-0.39, 0.29) is 6.04 Å². The second-order valence-electron chi connectivity index (χ2n) is 11.3. The highest BCUT2D eigenvalue weighted by Crippen LogP contribution is 2.36. The van der Waals surface area contributed by atoms with E-state index in [0.717, 1.165) is 101 Å². The number of anilines is 1. The second-order valence-corrected chi connectivity index (χ2v) is 11.3. The van der Waals surface area contributed by atoms with E-state index in [9.17, 15) is 0 Å². The minimum atomic E-state index is 0.243. The second kappa shape index (κ2) is 14.7. The van der Waals surface area contributed by atoms with Crippen LogP contribution in [0.5, 0.6) is 5.75 Å². The summed E-state index contributed by atoms with van der Waals surface area (Å²) in [5, 5.41) is 6.06. The van der Waals surface area contributed by atoms with Crippen LogP contribution >= 0.6 is 0 Å². The number of benzene rings is 2. The van der Waals surface area contributed by atoms with Crippen LogP contribution in [0.15, 0.2) is 47.7 Å². The molecule has 0 aliphatic carbocycles. The number of aliphatic imine (C=N–C) groups is 1. The Morgan fingerprint density at radius 1 is 1.12 bits per heavy atom. The summed E-state index contributed by atoms with van der Waals surface area (Å²) in [6.45, 7) is 14.6. The van der Waals surface area contributed by atoms with Crippen molar-refractivity contribution in [2.45, 2.75) is 59.0 Å². The molecule has 1 N–H and O–H groups in total. The molecule has 3 heterocycles. The van der Waals surface area contributed by atoms with Crippen molar-refractivity contribution in [2.75, 3.05) is 57.4 Å². The van der Waals surface area contributed by atoms with Crippen LogP contribution < -0.4 is 15.0 Å². The number of nitrogens with zero attached hydrogens (tertiary/aromatic N) is 5. The topological polar surface area (TPSA) is 75.1 Å². The number of nitrogens with one attached hydrogen (secondary N) is 1. The van der Waals surface area contributed by atoms with E-state index >= 15 is 0 Å². The van der Waals surface area contributed by atoms with E-state index < -0.39 is 0 Å². The Bertz CT molecular complexity index is 1290. The van der Waals surface area contributed by atoms with E-state index in [2.05, 4.69) is 70.3 Å². The molecule has 0 radical (unpaired) electrons. The molecule has 5 rings (SSSR count). The molecule has 8 nitrogen and oxygen atoms in total. The first-order valence-corrected chi connectivity index (χ1v) is 15.4. The van der Waals surface area contributed by atoms with Gasteiger partial charge < -0.3 is 19.7 Å². The van der Waals surface area contributed by atoms with Gasteiger partial charge in [0, 0.05) is 50.9 Å². The van der Waals surface area contributed by atoms with Crippen LogP contribution in [-0.2, 0) is 17.7 Å². The first kappa shape index (κ1) is 29.4. The smallest absolute Gasteiger partial charge is 0.158 e. The van der Waals surface area contributed by atoms with Crippen molar-refractivity contribution < 1.29 is 9.47 Å². The van der Waals surface area contributed by atoms with Gasteiger partial charge in [0.1, 0.15) is 24.4 Å². The van der Waals surface area contributed by atoms with Gasteiger partial charge in [0.25, 0.3) is 0 Å². The number of morpholine rings is 1. The molecular formula is C33H46N6O2. The van der Waals surface area contributed by atoms with Gasteiger partial charge in [0.15, 0.2) is 5.82 Å². The lowest BCUT2D eigenvalue weighted by Gasteiger charge is -2.28. The quantitative estimate of drug-likeness (QED) is 0.222. The van der Waals surface area contributed by atoms with Crippen LogP contribution in [-0.4, -0.2) is 79.7 Å². The highest BCUT2D eigenvalue weighted by molar-refractivity contribution is 5.91. The summed E-state index contributed by atoms with van der Waals surface area (Å²) in [5.74, 6) is 2.43. The SMILES string of the molecule is CC=Nc1c(C[C@@H](C)CC)ncnc1N1CCC[C@@H]1COc1ccc(CNCCN2CCOCC2)c2ccccc12. The summed E-state index contributed by atoms with van der Waals surface area (Å²) in [4.78, 5) is 19.0. The molecule has 0 amide bonds. The molecular weight excluding hydrogens is 512 g/mol. The zero-order valence-corrected chi connectivity index (χ0v) is 25.0. The lowest BCUT2D eigenvalue weighted by atomic mass is 10.0. The number of fused-ring (bicyclic) bond motifs is 1. The molecule has 0 spiro atoms. The van der Waals surface area contributed by atoms with E-state index in [1.165, 1.54) is 16.3 Å². The number of ether oxygens (including phenoxy) is 2. The molecule has 3 aromatic rings. The third-order valence-electron chi connectivity index (χ3n) is 8.45. The van der Waals surface area contributed by atoms with Gasteiger partial charge in [-0.1, -0.05) is 50.6 Å². The first-order chi connectivity index (χ1) is 20.2. The van der Waals surface area contributed by atoms with E-state index in [0.29, 0.717) is 12.5 Å². The number of hydrogen-bond acceptors (Lipinski definition) is 8. The highest BCUT2D eigenvalue weighted by Gasteiger charge is 2.29. The zero-order valence-electron chi connectivity index (χ0n) is 25.0. The minimum absolute atomic E-state index is 0.243. The Kier molecular flexibility index (Phi) is 10.6. The molecule has 2 saturated heterocycles. The van der Waals surface area contributed by atoms with Gasteiger partial charge >= 0.3 is 0 Å². The Labute approximate surface area is 245 Å². The van der Waals surface area contributed by atoms with Crippen molar-refractivity contribution in [1.29, 1.82) is 0 Å². The third-order valence-corrected chi connectivity index (χ3v) is 8.45. The number of rotatable bonds is 13. The summed E-state index contributed by atoms with van der Waals surface area (Å²) < 4.78 is 12.0. The number of hydrogen-bond donors (Lipinski definition) is 1. The summed E-state index contributed by atoms with van der Waals surface area (Å²) in [6, 6.07) is 13.2. The van der Waals surface area contributed by atoms with Crippen LogP contribution in [0.25, 0.3) is 10.8 Å².